The Balaban J connectivity index is 0.000000697. The molecule has 0 saturated carbocycles. The summed E-state index contributed by atoms with van der Waals surface area (Å²) in [4.78, 5) is 8.90. The number of aliphatic hydroxyl groups is 2. The van der Waals surface area contributed by atoms with Gasteiger partial charge >= 0.3 is 12.1 Å². The first-order valence-corrected chi connectivity index (χ1v) is 7.19. The lowest BCUT2D eigenvalue weighted by Gasteiger charge is -2.07. The molecule has 1 aromatic rings. The zero-order valence-corrected chi connectivity index (χ0v) is 13.4. The van der Waals surface area contributed by atoms with Gasteiger partial charge in [0.05, 0.1) is 57.6 Å². The highest BCUT2D eigenvalue weighted by molar-refractivity contribution is 5.73. The third-order valence-electron chi connectivity index (χ3n) is 2.56. The van der Waals surface area contributed by atoms with Crippen LogP contribution in [0.1, 0.15) is 11.4 Å². The highest BCUT2D eigenvalue weighted by Gasteiger charge is 2.38. The number of aliphatic hydroxyl groups excluding tert-OH is 2. The van der Waals surface area contributed by atoms with Gasteiger partial charge in [0.2, 0.25) is 0 Å². The van der Waals surface area contributed by atoms with Crippen molar-refractivity contribution in [1.29, 1.82) is 0 Å². The van der Waals surface area contributed by atoms with Crippen LogP contribution >= 0.6 is 0 Å². The molecule has 25 heavy (non-hydrogen) atoms. The van der Waals surface area contributed by atoms with Crippen molar-refractivity contribution in [1.82, 2.24) is 9.78 Å². The minimum Gasteiger partial charge on any atom is -0.475 e. The van der Waals surface area contributed by atoms with Crippen molar-refractivity contribution >= 4 is 5.97 Å². The predicted octanol–water partition coefficient (Wildman–Crippen LogP) is -0.507. The highest BCUT2D eigenvalue weighted by atomic mass is 19.4. The number of carboxylic acids is 1. The van der Waals surface area contributed by atoms with Gasteiger partial charge in [-0.05, 0) is 6.07 Å². The average Bonchev–Trinajstić information content (AvgIpc) is 2.96. The van der Waals surface area contributed by atoms with E-state index in [0.29, 0.717) is 50.9 Å². The smallest absolute Gasteiger partial charge is 0.475 e. The van der Waals surface area contributed by atoms with Crippen LogP contribution in [0.25, 0.3) is 0 Å². The lowest BCUT2D eigenvalue weighted by Crippen LogP contribution is -2.21. The number of halogens is 3. The molecule has 0 amide bonds. The third-order valence-corrected chi connectivity index (χ3v) is 2.56. The lowest BCUT2D eigenvalue weighted by molar-refractivity contribution is -0.192. The molecule has 0 aliphatic heterocycles. The Kier molecular flexibility index (Phi) is 11.7. The van der Waals surface area contributed by atoms with Crippen LogP contribution in [0.15, 0.2) is 6.07 Å². The second-order valence-electron chi connectivity index (χ2n) is 4.48. The first-order chi connectivity index (χ1) is 11.8. The second kappa shape index (κ2) is 12.6. The maximum absolute atomic E-state index is 10.6. The number of aromatic nitrogens is 2. The van der Waals surface area contributed by atoms with Crippen LogP contribution in [-0.4, -0.2) is 70.2 Å². The fourth-order valence-electron chi connectivity index (χ4n) is 1.47. The summed E-state index contributed by atoms with van der Waals surface area (Å²) in [6.07, 6.45) is -5.08. The molecule has 0 unspecified atom stereocenters. The molecule has 1 heterocycles. The largest absolute Gasteiger partial charge is 0.490 e. The molecule has 0 aliphatic rings. The third kappa shape index (κ3) is 10.7. The molecule has 12 heteroatoms. The molecule has 1 aromatic heterocycles. The average molecular weight is 373 g/mol. The van der Waals surface area contributed by atoms with E-state index in [9.17, 15) is 13.2 Å². The van der Waals surface area contributed by atoms with Crippen LogP contribution < -0.4 is 5.73 Å². The predicted molar refractivity (Wildman–Crippen MR) is 78.5 cm³/mol. The molecular weight excluding hydrogens is 351 g/mol. The minimum atomic E-state index is -5.08. The Morgan fingerprint density at radius 3 is 2.16 bits per heavy atom. The Morgan fingerprint density at radius 2 is 1.72 bits per heavy atom. The number of hydrogen-bond acceptors (Lipinski definition) is 7. The summed E-state index contributed by atoms with van der Waals surface area (Å²) in [6, 6.07) is 1.67. The van der Waals surface area contributed by atoms with E-state index in [1.807, 2.05) is 0 Å². The molecule has 9 nitrogen and oxygen atoms in total. The summed E-state index contributed by atoms with van der Waals surface area (Å²) >= 11 is 0. The lowest BCUT2D eigenvalue weighted by atomic mass is 10.4. The van der Waals surface area contributed by atoms with E-state index in [4.69, 9.17) is 35.3 Å². The van der Waals surface area contributed by atoms with Crippen molar-refractivity contribution in [2.45, 2.75) is 25.9 Å². The minimum absolute atomic E-state index is 0.105. The number of carbonyl (C=O) groups is 1. The number of rotatable bonds is 10. The zero-order valence-electron chi connectivity index (χ0n) is 13.4. The van der Waals surface area contributed by atoms with Gasteiger partial charge in [0, 0.05) is 6.54 Å². The quantitative estimate of drug-likeness (QED) is 0.402. The van der Waals surface area contributed by atoms with Crippen molar-refractivity contribution in [3.05, 3.63) is 17.5 Å². The van der Waals surface area contributed by atoms with Gasteiger partial charge in [0.25, 0.3) is 0 Å². The number of ether oxygens (including phenoxy) is 2. The van der Waals surface area contributed by atoms with Gasteiger partial charge in [-0.25, -0.2) is 4.79 Å². The SMILES string of the molecule is NCCOCCOCCn1nc(CO)cc1CO.O=C(O)C(F)(F)F. The van der Waals surface area contributed by atoms with Crippen molar-refractivity contribution in [3.63, 3.8) is 0 Å². The van der Waals surface area contributed by atoms with Gasteiger partial charge in [-0.3, -0.25) is 4.68 Å². The number of aliphatic carboxylic acids is 1. The van der Waals surface area contributed by atoms with E-state index in [0.717, 1.165) is 0 Å². The molecule has 0 spiro atoms. The number of nitrogens with two attached hydrogens (primary N) is 1. The van der Waals surface area contributed by atoms with Crippen LogP contribution in [0, 0.1) is 0 Å². The van der Waals surface area contributed by atoms with Gasteiger partial charge in [-0.2, -0.15) is 18.3 Å². The maximum atomic E-state index is 10.6. The van der Waals surface area contributed by atoms with E-state index >= 15 is 0 Å². The van der Waals surface area contributed by atoms with Gasteiger partial charge in [-0.1, -0.05) is 0 Å². The van der Waals surface area contributed by atoms with Crippen molar-refractivity contribution in [2.24, 2.45) is 5.73 Å². The topological polar surface area (TPSA) is 140 Å². The van der Waals surface area contributed by atoms with Gasteiger partial charge in [0.15, 0.2) is 0 Å². The summed E-state index contributed by atoms with van der Waals surface area (Å²) < 4.78 is 43.9. The number of nitrogens with zero attached hydrogens (tertiary/aromatic N) is 2. The van der Waals surface area contributed by atoms with Crippen LogP contribution in [0.4, 0.5) is 13.2 Å². The van der Waals surface area contributed by atoms with Crippen LogP contribution in [0.2, 0.25) is 0 Å². The molecule has 146 valence electrons. The monoisotopic (exact) mass is 373 g/mol. The summed E-state index contributed by atoms with van der Waals surface area (Å²) in [5.41, 5.74) is 6.49. The highest BCUT2D eigenvalue weighted by Crippen LogP contribution is 2.13. The molecule has 0 atom stereocenters. The van der Waals surface area contributed by atoms with Crippen LogP contribution in [0.5, 0.6) is 0 Å². The van der Waals surface area contributed by atoms with Gasteiger partial charge < -0.3 is 30.5 Å². The standard InChI is InChI=1S/C11H21N3O4.C2HF3O2/c12-1-3-17-5-6-18-4-2-14-11(9-16)7-10(8-15)13-14;3-2(4,5)1(6)7/h7,15-16H,1-6,8-9,12H2;(H,6,7). The molecule has 0 fully saturated rings. The number of alkyl halides is 3. The Hall–Kier alpha value is -1.73. The molecule has 0 aromatic carbocycles. The van der Waals surface area contributed by atoms with E-state index in [2.05, 4.69) is 5.10 Å². The van der Waals surface area contributed by atoms with E-state index in [1.54, 1.807) is 10.7 Å². The zero-order chi connectivity index (χ0) is 19.3. The first-order valence-electron chi connectivity index (χ1n) is 7.19. The van der Waals surface area contributed by atoms with Crippen LogP contribution in [0.3, 0.4) is 0 Å². The second-order valence-corrected chi connectivity index (χ2v) is 4.48. The van der Waals surface area contributed by atoms with Gasteiger partial charge in [-0.15, -0.1) is 0 Å². The summed E-state index contributed by atoms with van der Waals surface area (Å²) in [5.74, 6) is -2.76. The number of carboxylic acid groups (broad SMARTS) is 1. The summed E-state index contributed by atoms with van der Waals surface area (Å²) in [6.45, 7) is 2.85. The Morgan fingerprint density at radius 1 is 1.16 bits per heavy atom. The fraction of sp³-hybridized carbons (Fsp3) is 0.692. The van der Waals surface area contributed by atoms with Crippen LogP contribution in [-0.2, 0) is 34.0 Å². The molecule has 5 N–H and O–H groups in total. The van der Waals surface area contributed by atoms with E-state index in [-0.39, 0.29) is 13.2 Å². The molecule has 0 aliphatic carbocycles. The van der Waals surface area contributed by atoms with Crippen molar-refractivity contribution < 1.29 is 42.8 Å². The molecular formula is C13H22F3N3O6. The molecule has 0 saturated heterocycles. The van der Waals surface area contributed by atoms with Crippen molar-refractivity contribution in [2.75, 3.05) is 33.0 Å². The molecule has 0 radical (unpaired) electrons. The van der Waals surface area contributed by atoms with E-state index in [1.165, 1.54) is 0 Å². The first kappa shape index (κ1) is 23.3. The van der Waals surface area contributed by atoms with Crippen molar-refractivity contribution in [3.8, 4) is 0 Å². The summed E-state index contributed by atoms with van der Waals surface area (Å²) in [5, 5.41) is 29.3. The van der Waals surface area contributed by atoms with Gasteiger partial charge in [0.1, 0.15) is 0 Å². The summed E-state index contributed by atoms with van der Waals surface area (Å²) in [7, 11) is 0. The number of hydrogen-bond donors (Lipinski definition) is 4. The normalized spacial score (nSPS) is 11.1. The fourth-order valence-corrected chi connectivity index (χ4v) is 1.47. The maximum Gasteiger partial charge on any atom is 0.490 e. The van der Waals surface area contributed by atoms with E-state index < -0.39 is 12.1 Å². The molecule has 0 bridgehead atoms. The Bertz CT molecular complexity index is 496. The molecule has 1 rings (SSSR count). The Labute approximate surface area is 141 Å².